The van der Waals surface area contributed by atoms with E-state index < -0.39 is 0 Å². The first kappa shape index (κ1) is 19.6. The van der Waals surface area contributed by atoms with Crippen LogP contribution in [0.15, 0.2) is 25.7 Å². The van der Waals surface area contributed by atoms with E-state index in [0.29, 0.717) is 0 Å². The zero-order chi connectivity index (χ0) is 11.1. The molecule has 0 aliphatic rings. The Morgan fingerprint density at radius 2 is 1.20 bits per heavy atom. The Hall–Kier alpha value is -0.960. The van der Waals surface area contributed by atoms with Crippen molar-refractivity contribution in [1.82, 2.24) is 0 Å². The summed E-state index contributed by atoms with van der Waals surface area (Å²) in [5, 5.41) is 0. The molecular formula is C12H26O3. The van der Waals surface area contributed by atoms with Gasteiger partial charge in [0.2, 0.25) is 0 Å². The highest BCUT2D eigenvalue weighted by Crippen LogP contribution is 1.86. The second-order valence-corrected chi connectivity index (χ2v) is 2.78. The van der Waals surface area contributed by atoms with Crippen molar-refractivity contribution in [2.75, 3.05) is 13.2 Å². The quantitative estimate of drug-likeness (QED) is 0.464. The first-order valence-electron chi connectivity index (χ1n) is 5.28. The Balaban J connectivity index is -0.000000180. The molecule has 0 aromatic carbocycles. The van der Waals surface area contributed by atoms with Crippen molar-refractivity contribution in [2.24, 2.45) is 0 Å². The van der Waals surface area contributed by atoms with Gasteiger partial charge in [0.25, 0.3) is 0 Å². The van der Waals surface area contributed by atoms with Gasteiger partial charge < -0.3 is 14.9 Å². The van der Waals surface area contributed by atoms with Gasteiger partial charge >= 0.3 is 0 Å². The van der Waals surface area contributed by atoms with Crippen LogP contribution in [0.3, 0.4) is 0 Å². The molecule has 0 saturated carbocycles. The summed E-state index contributed by atoms with van der Waals surface area (Å²) in [4.78, 5) is 0. The van der Waals surface area contributed by atoms with Crippen LogP contribution in [0.4, 0.5) is 0 Å². The lowest BCUT2D eigenvalue weighted by Gasteiger charge is -1.93. The van der Waals surface area contributed by atoms with Crippen LogP contribution >= 0.6 is 0 Å². The van der Waals surface area contributed by atoms with Gasteiger partial charge in [-0.05, 0) is 12.8 Å². The smallest absolute Gasteiger partial charge is 0.0872 e. The van der Waals surface area contributed by atoms with Crippen molar-refractivity contribution in [2.45, 2.75) is 39.5 Å². The van der Waals surface area contributed by atoms with Gasteiger partial charge in [-0.3, -0.25) is 0 Å². The summed E-state index contributed by atoms with van der Waals surface area (Å²) in [6.07, 6.45) is 7.60. The molecule has 92 valence electrons. The largest absolute Gasteiger partial charge is 0.502 e. The SMILES string of the molecule is C=COCCCC.C=COCCCC.O. The molecule has 0 aromatic heterocycles. The molecule has 0 unspecified atom stereocenters. The van der Waals surface area contributed by atoms with E-state index in [1.165, 1.54) is 25.4 Å². The zero-order valence-corrected chi connectivity index (χ0v) is 10.1. The number of hydrogen-bond acceptors (Lipinski definition) is 2. The molecule has 0 aromatic rings. The standard InChI is InChI=1S/2C6H12O.H2O/c2*1-3-5-6-7-4-2;/h2*4H,2-3,5-6H2,1H3;1H2. The van der Waals surface area contributed by atoms with Crippen LogP contribution in [0.1, 0.15) is 39.5 Å². The Morgan fingerprint density at radius 3 is 1.40 bits per heavy atom. The molecule has 0 aliphatic carbocycles. The molecule has 2 N–H and O–H groups in total. The molecule has 15 heavy (non-hydrogen) atoms. The molecule has 0 fully saturated rings. The third-order valence-electron chi connectivity index (χ3n) is 1.47. The molecule has 3 nitrogen and oxygen atoms in total. The molecule has 0 atom stereocenters. The van der Waals surface area contributed by atoms with Crippen LogP contribution in [-0.4, -0.2) is 18.7 Å². The van der Waals surface area contributed by atoms with Crippen LogP contribution in [0.25, 0.3) is 0 Å². The van der Waals surface area contributed by atoms with E-state index in [4.69, 9.17) is 9.47 Å². The van der Waals surface area contributed by atoms with Gasteiger partial charge in [0.05, 0.1) is 25.7 Å². The first-order valence-corrected chi connectivity index (χ1v) is 5.28. The maximum absolute atomic E-state index is 4.84. The van der Waals surface area contributed by atoms with Crippen LogP contribution in [0, 0.1) is 0 Å². The lowest BCUT2D eigenvalue weighted by atomic mass is 10.4. The molecule has 0 radical (unpaired) electrons. The van der Waals surface area contributed by atoms with E-state index in [1.54, 1.807) is 0 Å². The highest BCUT2D eigenvalue weighted by atomic mass is 16.5. The van der Waals surface area contributed by atoms with Gasteiger partial charge in [-0.25, -0.2) is 0 Å². The fraction of sp³-hybridized carbons (Fsp3) is 0.667. The summed E-state index contributed by atoms with van der Waals surface area (Å²) < 4.78 is 9.68. The maximum atomic E-state index is 4.84. The van der Waals surface area contributed by atoms with Gasteiger partial charge in [-0.15, -0.1) is 0 Å². The van der Waals surface area contributed by atoms with Gasteiger partial charge in [-0.1, -0.05) is 39.8 Å². The molecule has 0 aliphatic heterocycles. The second kappa shape index (κ2) is 23.1. The van der Waals surface area contributed by atoms with Crippen LogP contribution in [0.5, 0.6) is 0 Å². The van der Waals surface area contributed by atoms with E-state index in [1.807, 2.05) is 0 Å². The van der Waals surface area contributed by atoms with Crippen molar-refractivity contribution >= 4 is 0 Å². The fourth-order valence-corrected chi connectivity index (χ4v) is 0.622. The maximum Gasteiger partial charge on any atom is 0.0872 e. The van der Waals surface area contributed by atoms with Crippen LogP contribution < -0.4 is 0 Å². The molecule has 0 saturated heterocycles. The summed E-state index contributed by atoms with van der Waals surface area (Å²) in [5.41, 5.74) is 0. The summed E-state index contributed by atoms with van der Waals surface area (Å²) >= 11 is 0. The average molecular weight is 218 g/mol. The van der Waals surface area contributed by atoms with E-state index in [9.17, 15) is 0 Å². The van der Waals surface area contributed by atoms with Gasteiger partial charge in [0.1, 0.15) is 0 Å². The normalized spacial score (nSPS) is 7.60. The molecule has 0 bridgehead atoms. The highest BCUT2D eigenvalue weighted by Gasteiger charge is 1.76. The third kappa shape index (κ3) is 32.1. The van der Waals surface area contributed by atoms with Crippen LogP contribution in [0.2, 0.25) is 0 Å². The Kier molecular flexibility index (Phi) is 30.2. The summed E-state index contributed by atoms with van der Waals surface area (Å²) in [5.74, 6) is 0. The summed E-state index contributed by atoms with van der Waals surface area (Å²) in [6.45, 7) is 12.7. The van der Waals surface area contributed by atoms with Gasteiger partial charge in [0, 0.05) is 0 Å². The molecule has 0 spiro atoms. The van der Waals surface area contributed by atoms with E-state index >= 15 is 0 Å². The fourth-order valence-electron chi connectivity index (χ4n) is 0.622. The second-order valence-electron chi connectivity index (χ2n) is 2.78. The third-order valence-corrected chi connectivity index (χ3v) is 1.47. The first-order chi connectivity index (χ1) is 6.83. The number of unbranched alkanes of at least 4 members (excludes halogenated alkanes) is 2. The minimum Gasteiger partial charge on any atom is -0.502 e. The molecule has 0 heterocycles. The van der Waals surface area contributed by atoms with E-state index in [0.717, 1.165) is 26.1 Å². The number of hydrogen-bond donors (Lipinski definition) is 0. The van der Waals surface area contributed by atoms with Crippen LogP contribution in [-0.2, 0) is 9.47 Å². The molecule has 0 rings (SSSR count). The minimum absolute atomic E-state index is 0. The number of ether oxygens (including phenoxy) is 2. The number of rotatable bonds is 8. The Bertz CT molecular complexity index is 99.4. The topological polar surface area (TPSA) is 50.0 Å². The predicted octanol–water partition coefficient (Wildman–Crippen LogP) is 3.07. The van der Waals surface area contributed by atoms with Crippen molar-refractivity contribution < 1.29 is 14.9 Å². The van der Waals surface area contributed by atoms with Crippen molar-refractivity contribution in [3.05, 3.63) is 25.7 Å². The average Bonchev–Trinajstić information content (AvgIpc) is 2.21. The summed E-state index contributed by atoms with van der Waals surface area (Å²) in [6, 6.07) is 0. The predicted molar refractivity (Wildman–Crippen MR) is 65.7 cm³/mol. The van der Waals surface area contributed by atoms with Gasteiger partial charge in [-0.2, -0.15) is 0 Å². The van der Waals surface area contributed by atoms with Crippen molar-refractivity contribution in [3.8, 4) is 0 Å². The van der Waals surface area contributed by atoms with Gasteiger partial charge in [0.15, 0.2) is 0 Å². The van der Waals surface area contributed by atoms with Crippen molar-refractivity contribution in [3.63, 3.8) is 0 Å². The minimum atomic E-state index is 0. The lowest BCUT2D eigenvalue weighted by Crippen LogP contribution is -1.83. The molecule has 0 amide bonds. The lowest BCUT2D eigenvalue weighted by molar-refractivity contribution is 0.245. The Labute approximate surface area is 94.1 Å². The highest BCUT2D eigenvalue weighted by molar-refractivity contribution is 4.48. The van der Waals surface area contributed by atoms with E-state index in [-0.39, 0.29) is 5.48 Å². The molecule has 3 heteroatoms. The molecular weight excluding hydrogens is 192 g/mol. The van der Waals surface area contributed by atoms with E-state index in [2.05, 4.69) is 27.0 Å². The van der Waals surface area contributed by atoms with Crippen molar-refractivity contribution in [1.29, 1.82) is 0 Å². The monoisotopic (exact) mass is 218 g/mol. The summed E-state index contributed by atoms with van der Waals surface area (Å²) in [7, 11) is 0. The Morgan fingerprint density at radius 1 is 0.867 bits per heavy atom. The zero-order valence-electron chi connectivity index (χ0n) is 10.1.